The van der Waals surface area contributed by atoms with Crippen molar-refractivity contribution in [3.05, 3.63) is 35.9 Å². The summed E-state index contributed by atoms with van der Waals surface area (Å²) in [6.45, 7) is 0. The van der Waals surface area contributed by atoms with E-state index in [-0.39, 0.29) is 11.9 Å². The molecule has 0 aliphatic carbocycles. The van der Waals surface area contributed by atoms with Crippen molar-refractivity contribution < 1.29 is 14.3 Å². The first kappa shape index (κ1) is 16.6. The van der Waals surface area contributed by atoms with Crippen molar-refractivity contribution >= 4 is 23.6 Å². The van der Waals surface area contributed by atoms with E-state index in [4.69, 9.17) is 4.74 Å². The van der Waals surface area contributed by atoms with Gasteiger partial charge >= 0.3 is 5.97 Å². The smallest absolute Gasteiger partial charge is 0.328 e. The average Bonchev–Trinajstić information content (AvgIpc) is 2.49. The molecule has 1 aromatic carbocycles. The molecule has 4 nitrogen and oxygen atoms in total. The van der Waals surface area contributed by atoms with Crippen LogP contribution in [0.4, 0.5) is 0 Å². The van der Waals surface area contributed by atoms with Gasteiger partial charge in [-0.1, -0.05) is 30.3 Å². The van der Waals surface area contributed by atoms with E-state index < -0.39 is 6.04 Å². The summed E-state index contributed by atoms with van der Waals surface area (Å²) in [5, 5.41) is 2.75. The Balaban J connectivity index is 2.43. The molecule has 0 aliphatic rings. The summed E-state index contributed by atoms with van der Waals surface area (Å²) in [6.07, 6.45) is 3.59. The van der Waals surface area contributed by atoms with Crippen LogP contribution in [0.15, 0.2) is 30.3 Å². The lowest BCUT2D eigenvalue weighted by atomic mass is 10.1. The Labute approximate surface area is 124 Å². The largest absolute Gasteiger partial charge is 0.467 e. The summed E-state index contributed by atoms with van der Waals surface area (Å²) in [4.78, 5) is 23.5. The number of aryl methyl sites for hydroxylation is 1. The number of methoxy groups -OCH3 is 1. The fraction of sp³-hybridized carbons (Fsp3) is 0.467. The number of thioether (sulfide) groups is 1. The highest BCUT2D eigenvalue weighted by Gasteiger charge is 2.20. The maximum absolute atomic E-state index is 11.9. The molecular weight excluding hydrogens is 274 g/mol. The number of carbonyl (C=O) groups excluding carboxylic acids is 2. The summed E-state index contributed by atoms with van der Waals surface area (Å²) < 4.78 is 4.71. The third-order valence-corrected chi connectivity index (χ3v) is 3.56. The fourth-order valence-corrected chi connectivity index (χ4v) is 2.27. The maximum atomic E-state index is 11.9. The average molecular weight is 295 g/mol. The Morgan fingerprint density at radius 2 is 2.00 bits per heavy atom. The van der Waals surface area contributed by atoms with E-state index in [1.165, 1.54) is 7.11 Å². The lowest BCUT2D eigenvalue weighted by Crippen LogP contribution is -2.42. The monoisotopic (exact) mass is 295 g/mol. The Hall–Kier alpha value is -1.49. The lowest BCUT2D eigenvalue weighted by molar-refractivity contribution is -0.145. The molecule has 0 saturated heterocycles. The molecule has 0 heterocycles. The molecule has 0 aliphatic heterocycles. The molecule has 0 spiro atoms. The quantitative estimate of drug-likeness (QED) is 0.746. The predicted octanol–water partition coefficient (Wildman–Crippen LogP) is 2.03. The van der Waals surface area contributed by atoms with Crippen LogP contribution >= 0.6 is 11.8 Å². The summed E-state index contributed by atoms with van der Waals surface area (Å²) in [5.74, 6) is 0.302. The predicted molar refractivity (Wildman–Crippen MR) is 81.7 cm³/mol. The number of nitrogens with one attached hydrogen (secondary N) is 1. The normalized spacial score (nSPS) is 11.7. The van der Waals surface area contributed by atoms with Gasteiger partial charge in [-0.2, -0.15) is 11.8 Å². The summed E-state index contributed by atoms with van der Waals surface area (Å²) in [7, 11) is 1.34. The number of ether oxygens (including phenoxy) is 1. The Kier molecular flexibility index (Phi) is 7.80. The van der Waals surface area contributed by atoms with E-state index >= 15 is 0 Å². The first-order valence-corrected chi connectivity index (χ1v) is 7.96. The minimum absolute atomic E-state index is 0.120. The molecule has 5 heteroatoms. The topological polar surface area (TPSA) is 55.4 Å². The Bertz CT molecular complexity index is 422. The van der Waals surface area contributed by atoms with Crippen LogP contribution in [0, 0.1) is 0 Å². The zero-order valence-electron chi connectivity index (χ0n) is 11.9. The number of hydrogen-bond donors (Lipinski definition) is 1. The molecular formula is C15H21NO3S. The lowest BCUT2D eigenvalue weighted by Gasteiger charge is -2.16. The molecule has 0 saturated carbocycles. The van der Waals surface area contributed by atoms with Gasteiger partial charge in [0.25, 0.3) is 0 Å². The minimum Gasteiger partial charge on any atom is -0.467 e. The number of carbonyl (C=O) groups is 2. The van der Waals surface area contributed by atoms with Crippen molar-refractivity contribution in [3.8, 4) is 0 Å². The van der Waals surface area contributed by atoms with Gasteiger partial charge < -0.3 is 10.1 Å². The highest BCUT2D eigenvalue weighted by molar-refractivity contribution is 7.98. The molecule has 1 aromatic rings. The van der Waals surface area contributed by atoms with Gasteiger partial charge in [-0.3, -0.25) is 4.79 Å². The molecule has 1 atom stereocenters. The molecule has 1 amide bonds. The van der Waals surface area contributed by atoms with Gasteiger partial charge in [0.05, 0.1) is 7.11 Å². The summed E-state index contributed by atoms with van der Waals surface area (Å²) in [6, 6.07) is 9.26. The van der Waals surface area contributed by atoms with E-state index in [0.717, 1.165) is 11.3 Å². The van der Waals surface area contributed by atoms with Crippen LogP contribution in [-0.4, -0.2) is 37.0 Å². The van der Waals surface area contributed by atoms with E-state index in [9.17, 15) is 9.59 Å². The molecule has 0 aromatic heterocycles. The second-order valence-electron chi connectivity index (χ2n) is 4.41. The maximum Gasteiger partial charge on any atom is 0.328 e. The fourth-order valence-electron chi connectivity index (χ4n) is 1.80. The van der Waals surface area contributed by atoms with Crippen molar-refractivity contribution in [1.29, 1.82) is 0 Å². The number of hydrogen-bond acceptors (Lipinski definition) is 4. The number of amides is 1. The minimum atomic E-state index is -0.546. The van der Waals surface area contributed by atoms with E-state index in [0.29, 0.717) is 19.3 Å². The zero-order chi connectivity index (χ0) is 14.8. The van der Waals surface area contributed by atoms with Crippen molar-refractivity contribution in [3.63, 3.8) is 0 Å². The van der Waals surface area contributed by atoms with Crippen LogP contribution in [0.3, 0.4) is 0 Å². The van der Waals surface area contributed by atoms with Crippen LogP contribution < -0.4 is 5.32 Å². The first-order chi connectivity index (χ1) is 9.67. The standard InChI is InChI=1S/C15H21NO3S/c1-19-15(18)13(10-11-20-2)16-14(17)9-8-12-6-4-3-5-7-12/h3-7,13H,8-11H2,1-2H3,(H,16,17)/t13-/m0/s1. The number of esters is 1. The Morgan fingerprint density at radius 1 is 1.30 bits per heavy atom. The van der Waals surface area contributed by atoms with Gasteiger partial charge in [-0.25, -0.2) is 4.79 Å². The van der Waals surface area contributed by atoms with Gasteiger partial charge in [0.1, 0.15) is 6.04 Å². The van der Waals surface area contributed by atoms with Crippen molar-refractivity contribution in [1.82, 2.24) is 5.32 Å². The Morgan fingerprint density at radius 3 is 2.60 bits per heavy atom. The van der Waals surface area contributed by atoms with Crippen molar-refractivity contribution in [2.24, 2.45) is 0 Å². The van der Waals surface area contributed by atoms with E-state index in [2.05, 4.69) is 5.32 Å². The number of benzene rings is 1. The van der Waals surface area contributed by atoms with Gasteiger partial charge in [0, 0.05) is 6.42 Å². The molecule has 0 unspecified atom stereocenters. The van der Waals surface area contributed by atoms with Gasteiger partial charge in [-0.15, -0.1) is 0 Å². The third kappa shape index (κ3) is 6.10. The van der Waals surface area contributed by atoms with E-state index in [1.54, 1.807) is 11.8 Å². The summed E-state index contributed by atoms with van der Waals surface area (Å²) in [5.41, 5.74) is 1.11. The molecule has 0 bridgehead atoms. The second-order valence-corrected chi connectivity index (χ2v) is 5.40. The van der Waals surface area contributed by atoms with Crippen LogP contribution in [0.25, 0.3) is 0 Å². The molecule has 110 valence electrons. The van der Waals surface area contributed by atoms with Crippen molar-refractivity contribution in [2.45, 2.75) is 25.3 Å². The SMILES string of the molecule is COC(=O)[C@H](CCSC)NC(=O)CCc1ccccc1. The van der Waals surface area contributed by atoms with Crippen LogP contribution in [0.2, 0.25) is 0 Å². The molecule has 1 N–H and O–H groups in total. The highest BCUT2D eigenvalue weighted by atomic mass is 32.2. The third-order valence-electron chi connectivity index (χ3n) is 2.92. The van der Waals surface area contributed by atoms with Crippen LogP contribution in [0.1, 0.15) is 18.4 Å². The van der Waals surface area contributed by atoms with Crippen molar-refractivity contribution in [2.75, 3.05) is 19.1 Å². The molecule has 20 heavy (non-hydrogen) atoms. The van der Waals surface area contributed by atoms with Gasteiger partial charge in [0.15, 0.2) is 0 Å². The van der Waals surface area contributed by atoms with Gasteiger partial charge in [-0.05, 0) is 30.4 Å². The van der Waals surface area contributed by atoms with Crippen LogP contribution in [-0.2, 0) is 20.7 Å². The number of rotatable bonds is 8. The second kappa shape index (κ2) is 9.42. The highest BCUT2D eigenvalue weighted by Crippen LogP contribution is 2.05. The molecule has 0 fully saturated rings. The summed E-state index contributed by atoms with van der Waals surface area (Å²) >= 11 is 1.64. The molecule has 0 radical (unpaired) electrons. The zero-order valence-corrected chi connectivity index (χ0v) is 12.7. The van der Waals surface area contributed by atoms with E-state index in [1.807, 2.05) is 36.6 Å². The van der Waals surface area contributed by atoms with Crippen LogP contribution in [0.5, 0.6) is 0 Å². The molecule has 1 rings (SSSR count). The first-order valence-electron chi connectivity index (χ1n) is 6.57. The van der Waals surface area contributed by atoms with Gasteiger partial charge in [0.2, 0.25) is 5.91 Å².